The van der Waals surface area contributed by atoms with Crippen molar-refractivity contribution in [1.82, 2.24) is 9.89 Å². The highest BCUT2D eigenvalue weighted by Gasteiger charge is 2.38. The van der Waals surface area contributed by atoms with Crippen LogP contribution in [0.5, 0.6) is 0 Å². The van der Waals surface area contributed by atoms with Crippen LogP contribution in [0, 0.1) is 0 Å². The minimum Gasteiger partial charge on any atom is -0.322 e. The van der Waals surface area contributed by atoms with Crippen LogP contribution in [-0.2, 0) is 6.18 Å². The van der Waals surface area contributed by atoms with Crippen LogP contribution >= 0.6 is 23.2 Å². The maximum atomic E-state index is 12.0. The van der Waals surface area contributed by atoms with Gasteiger partial charge in [-0.15, -0.1) is 5.10 Å². The van der Waals surface area contributed by atoms with Gasteiger partial charge in [-0.3, -0.25) is 0 Å². The van der Waals surface area contributed by atoms with Crippen molar-refractivity contribution in [3.63, 3.8) is 0 Å². The Morgan fingerprint density at radius 2 is 1.83 bits per heavy atom. The van der Waals surface area contributed by atoms with Crippen LogP contribution in [0.4, 0.5) is 13.2 Å². The van der Waals surface area contributed by atoms with Gasteiger partial charge in [0, 0.05) is 0 Å². The Hall–Kier alpha value is -0.620. The van der Waals surface area contributed by atoms with E-state index in [-0.39, 0.29) is 0 Å². The van der Waals surface area contributed by atoms with Crippen molar-refractivity contribution in [2.45, 2.75) is 6.18 Å². The van der Waals surface area contributed by atoms with Gasteiger partial charge in [0.25, 0.3) is 0 Å². The van der Waals surface area contributed by atoms with E-state index >= 15 is 0 Å². The number of halogens is 5. The minimum atomic E-state index is -4.63. The second kappa shape index (κ2) is 2.70. The zero-order valence-corrected chi connectivity index (χ0v) is 6.87. The maximum Gasteiger partial charge on any atom is 0.436 e. The number of hydrogen-bond donors (Lipinski definition) is 1. The first-order valence-electron chi connectivity index (χ1n) is 2.60. The van der Waals surface area contributed by atoms with Crippen molar-refractivity contribution in [1.29, 1.82) is 0 Å². The lowest BCUT2D eigenvalue weighted by Gasteiger charge is -2.00. The van der Waals surface area contributed by atoms with Crippen LogP contribution in [0.3, 0.4) is 0 Å². The average Bonchev–Trinajstić information content (AvgIpc) is 2.15. The van der Waals surface area contributed by atoms with Gasteiger partial charge in [-0.1, -0.05) is 23.2 Å². The fourth-order valence-electron chi connectivity index (χ4n) is 0.575. The zero-order valence-electron chi connectivity index (χ0n) is 5.36. The van der Waals surface area contributed by atoms with Gasteiger partial charge in [0.2, 0.25) is 0 Å². The molecule has 0 amide bonds. The van der Waals surface area contributed by atoms with Crippen molar-refractivity contribution in [2.24, 2.45) is 0 Å². The number of aromatic nitrogens is 2. The predicted octanol–water partition coefficient (Wildman–Crippen LogP) is 1.92. The van der Waals surface area contributed by atoms with Gasteiger partial charge >= 0.3 is 6.18 Å². The van der Waals surface area contributed by atoms with Gasteiger partial charge in [-0.25, -0.2) is 0 Å². The first kappa shape index (κ1) is 9.47. The molecule has 2 N–H and O–H groups in total. The Morgan fingerprint density at radius 3 is 2.00 bits per heavy atom. The number of nitrogens with two attached hydrogens (primary N) is 1. The SMILES string of the molecule is Nn1nc(C(F)(F)F)c(Cl)c1Cl. The molecule has 0 radical (unpaired) electrons. The molecule has 68 valence electrons. The molecular weight excluding hydrogens is 218 g/mol. The molecule has 3 nitrogen and oxygen atoms in total. The quantitative estimate of drug-likeness (QED) is 0.678. The van der Waals surface area contributed by atoms with Crippen LogP contribution in [0.25, 0.3) is 0 Å². The first-order valence-corrected chi connectivity index (χ1v) is 3.36. The number of rotatable bonds is 0. The molecule has 0 aliphatic rings. The van der Waals surface area contributed by atoms with Crippen molar-refractivity contribution < 1.29 is 13.2 Å². The summed E-state index contributed by atoms with van der Waals surface area (Å²) in [6, 6.07) is 0. The molecule has 0 bridgehead atoms. The standard InChI is InChI=1S/C4H2Cl2F3N3/c5-1-2(4(7,8)9)11-12(10)3(1)6/h10H2. The van der Waals surface area contributed by atoms with E-state index in [4.69, 9.17) is 29.0 Å². The minimum absolute atomic E-state index is 0.368. The van der Waals surface area contributed by atoms with E-state index in [9.17, 15) is 13.2 Å². The van der Waals surface area contributed by atoms with Crippen LogP contribution in [0.2, 0.25) is 10.2 Å². The fraction of sp³-hybridized carbons (Fsp3) is 0.250. The lowest BCUT2D eigenvalue weighted by Crippen LogP contribution is -2.13. The smallest absolute Gasteiger partial charge is 0.322 e. The predicted molar refractivity (Wildman–Crippen MR) is 37.4 cm³/mol. The third-order valence-electron chi connectivity index (χ3n) is 1.07. The summed E-state index contributed by atoms with van der Waals surface area (Å²) in [5.74, 6) is 4.93. The molecule has 0 spiro atoms. The summed E-state index contributed by atoms with van der Waals surface area (Å²) in [5, 5.41) is 1.76. The third kappa shape index (κ3) is 1.44. The first-order chi connectivity index (χ1) is 5.34. The second-order valence-electron chi connectivity index (χ2n) is 1.90. The molecule has 8 heteroatoms. The van der Waals surface area contributed by atoms with E-state index in [0.29, 0.717) is 4.79 Å². The summed E-state index contributed by atoms with van der Waals surface area (Å²) < 4.78 is 35.9. The molecule has 1 aromatic heterocycles. The molecule has 0 unspecified atom stereocenters. The lowest BCUT2D eigenvalue weighted by atomic mass is 10.4. The van der Waals surface area contributed by atoms with Crippen molar-refractivity contribution >= 4 is 23.2 Å². The van der Waals surface area contributed by atoms with E-state index < -0.39 is 22.0 Å². The summed E-state index contributed by atoms with van der Waals surface area (Å²) in [4.78, 5) is 0.368. The Kier molecular flexibility index (Phi) is 2.13. The molecular formula is C4H2Cl2F3N3. The van der Waals surface area contributed by atoms with Gasteiger partial charge < -0.3 is 5.84 Å². The Balaban J connectivity index is 3.28. The van der Waals surface area contributed by atoms with E-state index in [1.807, 2.05) is 0 Å². The van der Waals surface area contributed by atoms with E-state index in [1.54, 1.807) is 0 Å². The summed E-state index contributed by atoms with van der Waals surface area (Å²) in [6.45, 7) is 0. The maximum absolute atomic E-state index is 12.0. The number of hydrogen-bond acceptors (Lipinski definition) is 2. The normalized spacial score (nSPS) is 12.1. The van der Waals surface area contributed by atoms with Crippen LogP contribution < -0.4 is 5.84 Å². The molecule has 12 heavy (non-hydrogen) atoms. The van der Waals surface area contributed by atoms with Gasteiger partial charge in [0.15, 0.2) is 10.8 Å². The largest absolute Gasteiger partial charge is 0.436 e. The van der Waals surface area contributed by atoms with Crippen molar-refractivity contribution in [3.8, 4) is 0 Å². The van der Waals surface area contributed by atoms with E-state index in [0.717, 1.165) is 0 Å². The fourth-order valence-corrected chi connectivity index (χ4v) is 0.934. The molecule has 1 rings (SSSR count). The highest BCUT2D eigenvalue weighted by Crippen LogP contribution is 2.36. The van der Waals surface area contributed by atoms with Gasteiger partial charge in [-0.2, -0.15) is 18.0 Å². The summed E-state index contributed by atoms with van der Waals surface area (Å²) in [6.07, 6.45) is -4.63. The molecule has 1 aromatic rings. The molecule has 0 aliphatic carbocycles. The monoisotopic (exact) mass is 219 g/mol. The number of nitrogens with zero attached hydrogens (tertiary/aromatic N) is 2. The Morgan fingerprint density at radius 1 is 1.33 bits per heavy atom. The van der Waals surface area contributed by atoms with E-state index in [2.05, 4.69) is 5.10 Å². The van der Waals surface area contributed by atoms with Gasteiger partial charge in [0.05, 0.1) is 0 Å². The number of alkyl halides is 3. The van der Waals surface area contributed by atoms with Gasteiger partial charge in [-0.05, 0) is 0 Å². The highest BCUT2D eigenvalue weighted by molar-refractivity contribution is 6.41. The molecule has 0 aliphatic heterocycles. The van der Waals surface area contributed by atoms with E-state index in [1.165, 1.54) is 0 Å². The topological polar surface area (TPSA) is 43.8 Å². The van der Waals surface area contributed by atoms with Crippen molar-refractivity contribution in [2.75, 3.05) is 5.84 Å². The molecule has 0 fully saturated rings. The average molecular weight is 220 g/mol. The summed E-state index contributed by atoms with van der Waals surface area (Å²) >= 11 is 10.4. The van der Waals surface area contributed by atoms with Crippen LogP contribution in [-0.4, -0.2) is 9.89 Å². The van der Waals surface area contributed by atoms with Gasteiger partial charge in [0.1, 0.15) is 5.02 Å². The van der Waals surface area contributed by atoms with Crippen LogP contribution in [0.15, 0.2) is 0 Å². The highest BCUT2D eigenvalue weighted by atomic mass is 35.5. The molecule has 0 saturated heterocycles. The lowest BCUT2D eigenvalue weighted by molar-refractivity contribution is -0.141. The molecule has 0 aromatic carbocycles. The third-order valence-corrected chi connectivity index (χ3v) is 1.88. The molecule has 0 atom stereocenters. The number of nitrogen functional groups attached to an aromatic ring is 1. The zero-order chi connectivity index (χ0) is 9.52. The summed E-state index contributed by atoms with van der Waals surface area (Å²) in [7, 11) is 0. The Bertz CT molecular complexity index is 305. The molecule has 0 saturated carbocycles. The van der Waals surface area contributed by atoms with Crippen molar-refractivity contribution in [3.05, 3.63) is 15.9 Å². The van der Waals surface area contributed by atoms with Crippen LogP contribution in [0.1, 0.15) is 5.69 Å². The Labute approximate surface area is 74.8 Å². The molecule has 1 heterocycles. The second-order valence-corrected chi connectivity index (χ2v) is 2.63. The summed E-state index contributed by atoms with van der Waals surface area (Å²) in [5.41, 5.74) is -1.28.